The zero-order valence-corrected chi connectivity index (χ0v) is 9.47. The standard InChI is InChI=1S/C11H12N2O4/c1-16-9(14)4-3-7-5-8(11(15)17-2)10(12)13-6-7/h3-6H,1-2H3,(H2,12,13). The third-order valence-corrected chi connectivity index (χ3v) is 1.96. The van der Waals surface area contributed by atoms with Gasteiger partial charge in [0.05, 0.1) is 14.2 Å². The van der Waals surface area contributed by atoms with Crippen LogP contribution >= 0.6 is 0 Å². The van der Waals surface area contributed by atoms with Gasteiger partial charge in [0.25, 0.3) is 0 Å². The van der Waals surface area contributed by atoms with E-state index < -0.39 is 11.9 Å². The zero-order valence-electron chi connectivity index (χ0n) is 9.47. The number of carbonyl (C=O) groups excluding carboxylic acids is 2. The Labute approximate surface area is 98.0 Å². The van der Waals surface area contributed by atoms with Crippen molar-refractivity contribution >= 4 is 23.8 Å². The number of pyridine rings is 1. The molecule has 0 aliphatic heterocycles. The van der Waals surface area contributed by atoms with Gasteiger partial charge in [-0.05, 0) is 17.7 Å². The molecule has 0 aliphatic rings. The summed E-state index contributed by atoms with van der Waals surface area (Å²) in [6, 6.07) is 1.48. The number of nitrogens with two attached hydrogens (primary N) is 1. The molecule has 0 bridgehead atoms. The number of anilines is 1. The van der Waals surface area contributed by atoms with Gasteiger partial charge in [0.1, 0.15) is 11.4 Å². The number of nitrogen functional groups attached to an aromatic ring is 1. The molecule has 0 aliphatic carbocycles. The van der Waals surface area contributed by atoms with E-state index in [0.717, 1.165) is 0 Å². The Balaban J connectivity index is 3.00. The van der Waals surface area contributed by atoms with Crippen LogP contribution < -0.4 is 5.73 Å². The van der Waals surface area contributed by atoms with E-state index in [1.54, 1.807) is 0 Å². The number of methoxy groups -OCH3 is 2. The van der Waals surface area contributed by atoms with Crippen molar-refractivity contribution in [2.45, 2.75) is 0 Å². The molecule has 0 aromatic carbocycles. The van der Waals surface area contributed by atoms with Gasteiger partial charge < -0.3 is 15.2 Å². The van der Waals surface area contributed by atoms with Gasteiger partial charge in [-0.2, -0.15) is 0 Å². The van der Waals surface area contributed by atoms with Crippen LogP contribution in [0.1, 0.15) is 15.9 Å². The van der Waals surface area contributed by atoms with Crippen LogP contribution in [0.15, 0.2) is 18.3 Å². The fourth-order valence-electron chi connectivity index (χ4n) is 1.09. The lowest BCUT2D eigenvalue weighted by Gasteiger charge is -2.03. The fraction of sp³-hybridized carbons (Fsp3) is 0.182. The number of esters is 2. The van der Waals surface area contributed by atoms with Gasteiger partial charge in [0.2, 0.25) is 0 Å². The molecular weight excluding hydrogens is 224 g/mol. The average Bonchev–Trinajstić information content (AvgIpc) is 2.36. The second-order valence-corrected chi connectivity index (χ2v) is 3.05. The number of ether oxygens (including phenoxy) is 2. The van der Waals surface area contributed by atoms with Gasteiger partial charge in [-0.3, -0.25) is 0 Å². The SMILES string of the molecule is COC(=O)C=Cc1cnc(N)c(C(=O)OC)c1. The number of rotatable bonds is 3. The summed E-state index contributed by atoms with van der Waals surface area (Å²) < 4.78 is 8.98. The number of carbonyl (C=O) groups is 2. The van der Waals surface area contributed by atoms with Gasteiger partial charge in [0, 0.05) is 12.3 Å². The van der Waals surface area contributed by atoms with Crippen LogP contribution in [0.5, 0.6) is 0 Å². The molecule has 0 amide bonds. The molecule has 1 aromatic rings. The number of aromatic nitrogens is 1. The van der Waals surface area contributed by atoms with Crippen LogP contribution in [0.25, 0.3) is 6.08 Å². The molecule has 1 heterocycles. The van der Waals surface area contributed by atoms with Gasteiger partial charge in [-0.15, -0.1) is 0 Å². The van der Waals surface area contributed by atoms with Crippen molar-refractivity contribution in [2.75, 3.05) is 20.0 Å². The first-order valence-electron chi connectivity index (χ1n) is 4.68. The number of nitrogens with zero attached hydrogens (tertiary/aromatic N) is 1. The maximum absolute atomic E-state index is 11.3. The van der Waals surface area contributed by atoms with Crippen LogP contribution in [0, 0.1) is 0 Å². The number of hydrogen-bond donors (Lipinski definition) is 1. The fourth-order valence-corrected chi connectivity index (χ4v) is 1.09. The molecule has 0 unspecified atom stereocenters. The van der Waals surface area contributed by atoms with E-state index in [-0.39, 0.29) is 11.4 Å². The molecule has 0 saturated carbocycles. The van der Waals surface area contributed by atoms with Gasteiger partial charge in [-0.1, -0.05) is 0 Å². The monoisotopic (exact) mass is 236 g/mol. The van der Waals surface area contributed by atoms with Crippen LogP contribution in [0.2, 0.25) is 0 Å². The molecule has 0 radical (unpaired) electrons. The maximum atomic E-state index is 11.3. The lowest BCUT2D eigenvalue weighted by Crippen LogP contribution is -2.07. The van der Waals surface area contributed by atoms with Crippen molar-refractivity contribution in [3.8, 4) is 0 Å². The van der Waals surface area contributed by atoms with E-state index in [0.29, 0.717) is 5.56 Å². The molecule has 90 valence electrons. The molecule has 0 fully saturated rings. The quantitative estimate of drug-likeness (QED) is 0.611. The molecule has 0 atom stereocenters. The van der Waals surface area contributed by atoms with Crippen molar-refractivity contribution in [1.29, 1.82) is 0 Å². The molecule has 6 nitrogen and oxygen atoms in total. The van der Waals surface area contributed by atoms with E-state index in [4.69, 9.17) is 5.73 Å². The molecule has 6 heteroatoms. The smallest absolute Gasteiger partial charge is 0.341 e. The Kier molecular flexibility index (Phi) is 4.21. The summed E-state index contributed by atoms with van der Waals surface area (Å²) in [5.74, 6) is -1.00. The molecule has 2 N–H and O–H groups in total. The van der Waals surface area contributed by atoms with Crippen molar-refractivity contribution < 1.29 is 19.1 Å². The van der Waals surface area contributed by atoms with Gasteiger partial charge >= 0.3 is 11.9 Å². The highest BCUT2D eigenvalue weighted by Gasteiger charge is 2.11. The van der Waals surface area contributed by atoms with Crippen molar-refractivity contribution in [2.24, 2.45) is 0 Å². The lowest BCUT2D eigenvalue weighted by molar-refractivity contribution is -0.134. The predicted molar refractivity (Wildman–Crippen MR) is 61.0 cm³/mol. The minimum absolute atomic E-state index is 0.0760. The van der Waals surface area contributed by atoms with Crippen LogP contribution in [-0.4, -0.2) is 31.1 Å². The van der Waals surface area contributed by atoms with Crippen LogP contribution in [-0.2, 0) is 14.3 Å². The largest absolute Gasteiger partial charge is 0.466 e. The van der Waals surface area contributed by atoms with Crippen molar-refractivity contribution in [3.63, 3.8) is 0 Å². The molecular formula is C11H12N2O4. The van der Waals surface area contributed by atoms with Crippen LogP contribution in [0.3, 0.4) is 0 Å². The average molecular weight is 236 g/mol. The van der Waals surface area contributed by atoms with Gasteiger partial charge in [0.15, 0.2) is 0 Å². The molecule has 17 heavy (non-hydrogen) atoms. The molecule has 0 spiro atoms. The van der Waals surface area contributed by atoms with Crippen molar-refractivity contribution in [1.82, 2.24) is 4.98 Å². The maximum Gasteiger partial charge on any atom is 0.341 e. The normalized spacial score (nSPS) is 10.2. The summed E-state index contributed by atoms with van der Waals surface area (Å²) in [6.07, 6.45) is 4.11. The zero-order chi connectivity index (χ0) is 12.8. The first kappa shape index (κ1) is 12.7. The highest BCUT2D eigenvalue weighted by Crippen LogP contribution is 2.13. The Morgan fingerprint density at radius 3 is 2.65 bits per heavy atom. The topological polar surface area (TPSA) is 91.5 Å². The van der Waals surface area contributed by atoms with Crippen LogP contribution in [0.4, 0.5) is 5.82 Å². The Morgan fingerprint density at radius 2 is 2.06 bits per heavy atom. The summed E-state index contributed by atoms with van der Waals surface area (Å²) >= 11 is 0. The highest BCUT2D eigenvalue weighted by atomic mass is 16.5. The third kappa shape index (κ3) is 3.30. The minimum atomic E-state index is -0.580. The van der Waals surface area contributed by atoms with E-state index in [1.807, 2.05) is 0 Å². The first-order chi connectivity index (χ1) is 8.08. The molecule has 1 aromatic heterocycles. The Bertz CT molecular complexity index is 469. The van der Waals surface area contributed by atoms with E-state index in [1.165, 1.54) is 38.6 Å². The second-order valence-electron chi connectivity index (χ2n) is 3.05. The third-order valence-electron chi connectivity index (χ3n) is 1.96. The van der Waals surface area contributed by atoms with E-state index in [2.05, 4.69) is 14.5 Å². The Morgan fingerprint density at radius 1 is 1.35 bits per heavy atom. The predicted octanol–water partition coefficient (Wildman–Crippen LogP) is 0.637. The van der Waals surface area contributed by atoms with E-state index >= 15 is 0 Å². The van der Waals surface area contributed by atoms with Crippen molar-refractivity contribution in [3.05, 3.63) is 29.5 Å². The summed E-state index contributed by atoms with van der Waals surface area (Å²) in [5.41, 5.74) is 6.22. The minimum Gasteiger partial charge on any atom is -0.466 e. The molecule has 0 saturated heterocycles. The summed E-state index contributed by atoms with van der Waals surface area (Å²) in [5, 5.41) is 0. The summed E-state index contributed by atoms with van der Waals surface area (Å²) in [7, 11) is 2.52. The Hall–Kier alpha value is -2.37. The highest BCUT2D eigenvalue weighted by molar-refractivity contribution is 5.95. The van der Waals surface area contributed by atoms with Gasteiger partial charge in [-0.25, -0.2) is 14.6 Å². The number of hydrogen-bond acceptors (Lipinski definition) is 6. The van der Waals surface area contributed by atoms with E-state index in [9.17, 15) is 9.59 Å². The second kappa shape index (κ2) is 5.64. The first-order valence-corrected chi connectivity index (χ1v) is 4.68. The summed E-state index contributed by atoms with van der Waals surface area (Å²) in [6.45, 7) is 0. The lowest BCUT2D eigenvalue weighted by atomic mass is 10.2. The molecule has 1 rings (SSSR count). The summed E-state index contributed by atoms with van der Waals surface area (Å²) in [4.78, 5) is 26.0.